The minimum absolute atomic E-state index is 0.0840. The van der Waals surface area contributed by atoms with Crippen molar-refractivity contribution >= 4 is 23.2 Å². The van der Waals surface area contributed by atoms with Crippen LogP contribution in [0.3, 0.4) is 0 Å². The number of ether oxygens (including phenoxy) is 2. The molecular formula is C17H21N3O4. The minimum atomic E-state index is -0.289. The van der Waals surface area contributed by atoms with Crippen molar-refractivity contribution in [3.63, 3.8) is 0 Å². The van der Waals surface area contributed by atoms with Crippen LogP contribution in [0.1, 0.15) is 25.7 Å². The van der Waals surface area contributed by atoms with E-state index in [1.807, 2.05) is 12.1 Å². The third-order valence-electron chi connectivity index (χ3n) is 4.04. The summed E-state index contributed by atoms with van der Waals surface area (Å²) in [6, 6.07) is 7.17. The molecule has 7 heteroatoms. The van der Waals surface area contributed by atoms with E-state index in [0.717, 1.165) is 25.2 Å². The van der Waals surface area contributed by atoms with Crippen LogP contribution in [0.5, 0.6) is 5.75 Å². The standard InChI is InChI=1S/C17H21N3O4/c1-20-16(21)9-8-15(19-20)17(22)18-12-4-6-13(7-5-12)24-11-14-3-2-10-23-14/h4-7,14H,2-3,8-11H2,1H3,(H,18,22)/t14-/m1/s1. The van der Waals surface area contributed by atoms with Gasteiger partial charge < -0.3 is 14.8 Å². The van der Waals surface area contributed by atoms with Crippen LogP contribution in [0.25, 0.3) is 0 Å². The van der Waals surface area contributed by atoms with E-state index < -0.39 is 0 Å². The van der Waals surface area contributed by atoms with Gasteiger partial charge in [0.1, 0.15) is 18.1 Å². The third kappa shape index (κ3) is 4.11. The van der Waals surface area contributed by atoms with E-state index in [1.54, 1.807) is 19.2 Å². The van der Waals surface area contributed by atoms with E-state index in [-0.39, 0.29) is 17.9 Å². The van der Waals surface area contributed by atoms with Crippen LogP contribution in [-0.4, -0.2) is 48.9 Å². The van der Waals surface area contributed by atoms with Gasteiger partial charge in [0.15, 0.2) is 0 Å². The van der Waals surface area contributed by atoms with E-state index in [2.05, 4.69) is 10.4 Å². The zero-order valence-corrected chi connectivity index (χ0v) is 13.7. The summed E-state index contributed by atoms with van der Waals surface area (Å²) in [7, 11) is 1.55. The Hall–Kier alpha value is -2.41. The van der Waals surface area contributed by atoms with Crippen molar-refractivity contribution in [2.75, 3.05) is 25.6 Å². The molecule has 3 rings (SSSR count). The average Bonchev–Trinajstić information content (AvgIpc) is 3.10. The Balaban J connectivity index is 1.53. The molecule has 2 amide bonds. The Bertz CT molecular complexity index is 636. The number of benzene rings is 1. The molecule has 1 aromatic rings. The molecule has 0 aliphatic carbocycles. The second-order valence-electron chi connectivity index (χ2n) is 5.89. The SMILES string of the molecule is CN1N=C(C(=O)Nc2ccc(OC[C@H]3CCCO3)cc2)CCC1=O. The number of carbonyl (C=O) groups is 2. The van der Waals surface area contributed by atoms with Gasteiger partial charge >= 0.3 is 0 Å². The van der Waals surface area contributed by atoms with Crippen molar-refractivity contribution < 1.29 is 19.1 Å². The van der Waals surface area contributed by atoms with E-state index in [1.165, 1.54) is 5.01 Å². The highest BCUT2D eigenvalue weighted by atomic mass is 16.5. The molecule has 2 aliphatic heterocycles. The largest absolute Gasteiger partial charge is 0.491 e. The summed E-state index contributed by atoms with van der Waals surface area (Å²) in [6.45, 7) is 1.35. The Morgan fingerprint density at radius 3 is 2.83 bits per heavy atom. The molecule has 2 aliphatic rings. The first-order valence-corrected chi connectivity index (χ1v) is 8.11. The lowest BCUT2D eigenvalue weighted by molar-refractivity contribution is -0.130. The molecule has 0 aromatic heterocycles. The molecule has 1 fully saturated rings. The number of amides is 2. The normalized spacial score (nSPS) is 20.7. The quantitative estimate of drug-likeness (QED) is 0.892. The summed E-state index contributed by atoms with van der Waals surface area (Å²) < 4.78 is 11.2. The molecule has 0 radical (unpaired) electrons. The fourth-order valence-electron chi connectivity index (χ4n) is 2.64. The maximum Gasteiger partial charge on any atom is 0.271 e. The van der Waals surface area contributed by atoms with Gasteiger partial charge in [-0.1, -0.05) is 0 Å². The van der Waals surface area contributed by atoms with Gasteiger partial charge in [0, 0.05) is 32.2 Å². The van der Waals surface area contributed by atoms with Gasteiger partial charge in [0.05, 0.1) is 6.10 Å². The molecule has 0 spiro atoms. The van der Waals surface area contributed by atoms with Crippen molar-refractivity contribution in [3.8, 4) is 5.75 Å². The van der Waals surface area contributed by atoms with Crippen LogP contribution < -0.4 is 10.1 Å². The zero-order valence-electron chi connectivity index (χ0n) is 13.7. The average molecular weight is 331 g/mol. The lowest BCUT2D eigenvalue weighted by Gasteiger charge is -2.19. The second-order valence-corrected chi connectivity index (χ2v) is 5.89. The van der Waals surface area contributed by atoms with Crippen LogP contribution in [0.4, 0.5) is 5.69 Å². The first kappa shape index (κ1) is 16.4. The molecule has 1 saturated heterocycles. The molecule has 1 atom stereocenters. The van der Waals surface area contributed by atoms with E-state index in [4.69, 9.17) is 9.47 Å². The lowest BCUT2D eigenvalue weighted by Crippen LogP contribution is -2.34. The van der Waals surface area contributed by atoms with Crippen LogP contribution in [-0.2, 0) is 14.3 Å². The molecule has 0 saturated carbocycles. The number of rotatable bonds is 5. The third-order valence-corrected chi connectivity index (χ3v) is 4.04. The van der Waals surface area contributed by atoms with Gasteiger partial charge in [-0.25, -0.2) is 5.01 Å². The van der Waals surface area contributed by atoms with Crippen LogP contribution in [0.2, 0.25) is 0 Å². The van der Waals surface area contributed by atoms with Crippen molar-refractivity contribution in [2.45, 2.75) is 31.8 Å². The van der Waals surface area contributed by atoms with Gasteiger partial charge in [-0.15, -0.1) is 0 Å². The number of nitrogens with one attached hydrogen (secondary N) is 1. The highest BCUT2D eigenvalue weighted by molar-refractivity contribution is 6.43. The molecule has 1 N–H and O–H groups in total. The minimum Gasteiger partial charge on any atom is -0.491 e. The van der Waals surface area contributed by atoms with Crippen molar-refractivity contribution in [1.29, 1.82) is 0 Å². The summed E-state index contributed by atoms with van der Waals surface area (Å²) in [5, 5.41) is 7.99. The summed E-state index contributed by atoms with van der Waals surface area (Å²) in [4.78, 5) is 23.6. The second kappa shape index (κ2) is 7.44. The molecular weight excluding hydrogens is 310 g/mol. The van der Waals surface area contributed by atoms with Gasteiger partial charge in [0.25, 0.3) is 5.91 Å². The van der Waals surface area contributed by atoms with Gasteiger partial charge in [0.2, 0.25) is 5.91 Å². The highest BCUT2D eigenvalue weighted by Crippen LogP contribution is 2.19. The van der Waals surface area contributed by atoms with Crippen molar-refractivity contribution in [2.24, 2.45) is 5.10 Å². The van der Waals surface area contributed by atoms with Gasteiger partial charge in [-0.3, -0.25) is 9.59 Å². The first-order chi connectivity index (χ1) is 11.6. The molecule has 128 valence electrons. The molecule has 1 aromatic carbocycles. The highest BCUT2D eigenvalue weighted by Gasteiger charge is 2.22. The predicted molar refractivity (Wildman–Crippen MR) is 89.0 cm³/mol. The number of hydrazone groups is 1. The fraction of sp³-hybridized carbons (Fsp3) is 0.471. The Labute approximate surface area is 140 Å². The summed E-state index contributed by atoms with van der Waals surface area (Å²) in [6.07, 6.45) is 2.96. The fourth-order valence-corrected chi connectivity index (χ4v) is 2.64. The monoisotopic (exact) mass is 331 g/mol. The van der Waals surface area contributed by atoms with Gasteiger partial charge in [-0.05, 0) is 37.1 Å². The van der Waals surface area contributed by atoms with Crippen LogP contribution in [0, 0.1) is 0 Å². The van der Waals surface area contributed by atoms with Crippen molar-refractivity contribution in [1.82, 2.24) is 5.01 Å². The summed E-state index contributed by atoms with van der Waals surface area (Å²) in [5.74, 6) is 0.366. The molecule has 2 heterocycles. The Morgan fingerprint density at radius 1 is 1.38 bits per heavy atom. The topological polar surface area (TPSA) is 80.2 Å². The van der Waals surface area contributed by atoms with Crippen LogP contribution in [0.15, 0.2) is 29.4 Å². The number of hydrogen-bond donors (Lipinski definition) is 1. The summed E-state index contributed by atoms with van der Waals surface area (Å²) >= 11 is 0. The Morgan fingerprint density at radius 2 is 2.17 bits per heavy atom. The smallest absolute Gasteiger partial charge is 0.271 e. The molecule has 7 nitrogen and oxygen atoms in total. The van der Waals surface area contributed by atoms with Crippen molar-refractivity contribution in [3.05, 3.63) is 24.3 Å². The molecule has 24 heavy (non-hydrogen) atoms. The van der Waals surface area contributed by atoms with Crippen LogP contribution >= 0.6 is 0 Å². The van der Waals surface area contributed by atoms with E-state index in [0.29, 0.717) is 30.8 Å². The predicted octanol–water partition coefficient (Wildman–Crippen LogP) is 1.79. The van der Waals surface area contributed by atoms with Gasteiger partial charge in [-0.2, -0.15) is 5.10 Å². The molecule has 0 unspecified atom stereocenters. The maximum absolute atomic E-state index is 12.2. The zero-order chi connectivity index (χ0) is 16.9. The number of carbonyl (C=O) groups excluding carboxylic acids is 2. The number of hydrogen-bond acceptors (Lipinski definition) is 5. The maximum atomic E-state index is 12.2. The lowest BCUT2D eigenvalue weighted by atomic mass is 10.1. The van der Waals surface area contributed by atoms with E-state index in [9.17, 15) is 9.59 Å². The summed E-state index contributed by atoms with van der Waals surface area (Å²) in [5.41, 5.74) is 1.02. The molecule has 0 bridgehead atoms. The first-order valence-electron chi connectivity index (χ1n) is 8.11. The number of anilines is 1. The van der Waals surface area contributed by atoms with E-state index >= 15 is 0 Å². The Kier molecular flexibility index (Phi) is 5.10. The number of nitrogens with zero attached hydrogens (tertiary/aromatic N) is 2.